The quantitative estimate of drug-likeness (QED) is 0.737. The van der Waals surface area contributed by atoms with Crippen molar-refractivity contribution in [1.29, 1.82) is 0 Å². The summed E-state index contributed by atoms with van der Waals surface area (Å²) in [6.07, 6.45) is 2.16. The number of anilines is 1. The molecule has 0 aliphatic carbocycles. The van der Waals surface area contributed by atoms with Crippen molar-refractivity contribution >= 4 is 5.69 Å². The Hall–Kier alpha value is -1.28. The summed E-state index contributed by atoms with van der Waals surface area (Å²) in [4.78, 5) is 2.12. The molecule has 0 aliphatic rings. The highest BCUT2D eigenvalue weighted by Crippen LogP contribution is 2.22. The molecule has 0 radical (unpaired) electrons. The highest BCUT2D eigenvalue weighted by atomic mass is 15.1. The van der Waals surface area contributed by atoms with E-state index in [0.717, 1.165) is 19.4 Å². The highest BCUT2D eigenvalue weighted by molar-refractivity contribution is 5.46. The van der Waals surface area contributed by atoms with E-state index in [0.29, 0.717) is 6.04 Å². The number of hydrogen-bond donors (Lipinski definition) is 1. The first-order chi connectivity index (χ1) is 8.54. The van der Waals surface area contributed by atoms with Crippen LogP contribution in [0.4, 0.5) is 5.69 Å². The van der Waals surface area contributed by atoms with E-state index in [1.54, 1.807) is 0 Å². The normalized spacial score (nSPS) is 12.2. The summed E-state index contributed by atoms with van der Waals surface area (Å²) in [6, 6.07) is 9.17. The number of rotatable bonds is 7. The van der Waals surface area contributed by atoms with Crippen LogP contribution in [0.3, 0.4) is 0 Å². The third-order valence-corrected chi connectivity index (χ3v) is 3.01. The summed E-state index contributed by atoms with van der Waals surface area (Å²) in [5.74, 6) is 0. The van der Waals surface area contributed by atoms with Crippen molar-refractivity contribution in [2.45, 2.75) is 32.7 Å². The molecule has 0 amide bonds. The first-order valence-corrected chi connectivity index (χ1v) is 6.69. The Bertz CT molecular complexity index is 365. The number of hydrogen-bond acceptors (Lipinski definition) is 2. The molecule has 0 aliphatic heterocycles. The minimum Gasteiger partial charge on any atom is -0.378 e. The molecule has 1 N–H and O–H groups in total. The van der Waals surface area contributed by atoms with Crippen LogP contribution < -0.4 is 10.2 Å². The van der Waals surface area contributed by atoms with Crippen molar-refractivity contribution < 1.29 is 0 Å². The third-order valence-electron chi connectivity index (χ3n) is 3.01. The van der Waals surface area contributed by atoms with Gasteiger partial charge in [0, 0.05) is 25.8 Å². The second-order valence-corrected chi connectivity index (χ2v) is 5.15. The Labute approximate surface area is 112 Å². The standard InChI is InChI=1S/C16H26N2/c1-6-11-17-16(12-13(2)3)14-7-9-15(10-8-14)18(4)5/h7-10,16-17H,2,6,11-12H2,1,3-5H3. The lowest BCUT2D eigenvalue weighted by molar-refractivity contribution is 0.528. The van der Waals surface area contributed by atoms with Crippen LogP contribution in [0, 0.1) is 0 Å². The Balaban J connectivity index is 2.80. The second-order valence-electron chi connectivity index (χ2n) is 5.15. The Morgan fingerprint density at radius 3 is 2.33 bits per heavy atom. The van der Waals surface area contributed by atoms with Crippen LogP contribution in [0.2, 0.25) is 0 Å². The predicted molar refractivity (Wildman–Crippen MR) is 81.2 cm³/mol. The van der Waals surface area contributed by atoms with Crippen LogP contribution >= 0.6 is 0 Å². The van der Waals surface area contributed by atoms with Gasteiger partial charge in [-0.25, -0.2) is 0 Å². The first-order valence-electron chi connectivity index (χ1n) is 6.69. The maximum atomic E-state index is 4.03. The summed E-state index contributed by atoms with van der Waals surface area (Å²) in [5.41, 5.74) is 3.81. The van der Waals surface area contributed by atoms with Crippen LogP contribution in [0.5, 0.6) is 0 Å². The van der Waals surface area contributed by atoms with Gasteiger partial charge in [-0.1, -0.05) is 24.6 Å². The summed E-state index contributed by atoms with van der Waals surface area (Å²) >= 11 is 0. The van der Waals surface area contributed by atoms with Gasteiger partial charge in [0.2, 0.25) is 0 Å². The molecule has 0 fully saturated rings. The molecule has 1 atom stereocenters. The monoisotopic (exact) mass is 246 g/mol. The Morgan fingerprint density at radius 2 is 1.89 bits per heavy atom. The summed E-state index contributed by atoms with van der Waals surface area (Å²) in [7, 11) is 4.13. The number of nitrogens with one attached hydrogen (secondary N) is 1. The SMILES string of the molecule is C=C(C)CC(NCCC)c1ccc(N(C)C)cc1. The molecule has 0 spiro atoms. The fourth-order valence-electron chi connectivity index (χ4n) is 1.98. The lowest BCUT2D eigenvalue weighted by atomic mass is 10.00. The summed E-state index contributed by atoms with van der Waals surface area (Å²) < 4.78 is 0. The summed E-state index contributed by atoms with van der Waals surface area (Å²) in [6.45, 7) is 9.36. The first kappa shape index (κ1) is 14.8. The van der Waals surface area contributed by atoms with E-state index in [1.165, 1.54) is 16.8 Å². The topological polar surface area (TPSA) is 15.3 Å². The highest BCUT2D eigenvalue weighted by Gasteiger charge is 2.10. The molecule has 100 valence electrons. The molecule has 1 aromatic rings. The Morgan fingerprint density at radius 1 is 1.28 bits per heavy atom. The van der Waals surface area contributed by atoms with Gasteiger partial charge in [0.15, 0.2) is 0 Å². The molecule has 1 rings (SSSR count). The predicted octanol–water partition coefficient (Wildman–Crippen LogP) is 3.76. The van der Waals surface area contributed by atoms with E-state index >= 15 is 0 Å². The van der Waals surface area contributed by atoms with Gasteiger partial charge < -0.3 is 10.2 Å². The van der Waals surface area contributed by atoms with E-state index < -0.39 is 0 Å². The average molecular weight is 246 g/mol. The lowest BCUT2D eigenvalue weighted by Crippen LogP contribution is -2.22. The van der Waals surface area contributed by atoms with Crippen molar-refractivity contribution in [3.63, 3.8) is 0 Å². The second kappa shape index (κ2) is 7.22. The molecular formula is C16H26N2. The van der Waals surface area contributed by atoms with E-state index in [9.17, 15) is 0 Å². The maximum absolute atomic E-state index is 4.03. The van der Waals surface area contributed by atoms with Gasteiger partial charge in [-0.05, 0) is 44.0 Å². The van der Waals surface area contributed by atoms with Gasteiger partial charge in [-0.15, -0.1) is 6.58 Å². The fraction of sp³-hybridized carbons (Fsp3) is 0.500. The van der Waals surface area contributed by atoms with Crippen LogP contribution in [0.25, 0.3) is 0 Å². The largest absolute Gasteiger partial charge is 0.378 e. The molecule has 2 nitrogen and oxygen atoms in total. The van der Waals surface area contributed by atoms with E-state index in [1.807, 2.05) is 0 Å². The molecule has 1 aromatic carbocycles. The van der Waals surface area contributed by atoms with Gasteiger partial charge in [0.1, 0.15) is 0 Å². The van der Waals surface area contributed by atoms with Crippen LogP contribution in [0.1, 0.15) is 38.3 Å². The molecule has 1 unspecified atom stereocenters. The maximum Gasteiger partial charge on any atom is 0.0361 e. The summed E-state index contributed by atoms with van der Waals surface area (Å²) in [5, 5.41) is 3.59. The molecular weight excluding hydrogens is 220 g/mol. The van der Waals surface area contributed by atoms with Gasteiger partial charge in [0.05, 0.1) is 0 Å². The van der Waals surface area contributed by atoms with Crippen molar-refractivity contribution in [3.8, 4) is 0 Å². The van der Waals surface area contributed by atoms with Gasteiger partial charge >= 0.3 is 0 Å². The molecule has 0 bridgehead atoms. The molecule has 0 aromatic heterocycles. The third kappa shape index (κ3) is 4.53. The van der Waals surface area contributed by atoms with Crippen molar-refractivity contribution in [2.24, 2.45) is 0 Å². The molecule has 18 heavy (non-hydrogen) atoms. The number of nitrogens with zero attached hydrogens (tertiary/aromatic N) is 1. The van der Waals surface area contributed by atoms with Gasteiger partial charge in [0.25, 0.3) is 0 Å². The fourth-order valence-corrected chi connectivity index (χ4v) is 1.98. The van der Waals surface area contributed by atoms with Gasteiger partial charge in [-0.3, -0.25) is 0 Å². The molecule has 2 heteroatoms. The zero-order chi connectivity index (χ0) is 13.5. The minimum atomic E-state index is 0.388. The number of benzene rings is 1. The van der Waals surface area contributed by atoms with Crippen molar-refractivity contribution in [2.75, 3.05) is 25.5 Å². The molecule has 0 saturated carbocycles. The molecule has 0 saturated heterocycles. The van der Waals surface area contributed by atoms with Crippen LogP contribution in [-0.2, 0) is 0 Å². The Kier molecular flexibility index (Phi) is 5.93. The van der Waals surface area contributed by atoms with E-state index in [4.69, 9.17) is 0 Å². The zero-order valence-electron chi connectivity index (χ0n) is 12.2. The zero-order valence-corrected chi connectivity index (χ0v) is 12.2. The van der Waals surface area contributed by atoms with Crippen molar-refractivity contribution in [3.05, 3.63) is 42.0 Å². The molecule has 0 heterocycles. The van der Waals surface area contributed by atoms with Crippen LogP contribution in [-0.4, -0.2) is 20.6 Å². The smallest absolute Gasteiger partial charge is 0.0361 e. The van der Waals surface area contributed by atoms with Crippen molar-refractivity contribution in [1.82, 2.24) is 5.32 Å². The van der Waals surface area contributed by atoms with E-state index in [-0.39, 0.29) is 0 Å². The van der Waals surface area contributed by atoms with Gasteiger partial charge in [-0.2, -0.15) is 0 Å². The van der Waals surface area contributed by atoms with Crippen LogP contribution in [0.15, 0.2) is 36.4 Å². The lowest BCUT2D eigenvalue weighted by Gasteiger charge is -2.20. The minimum absolute atomic E-state index is 0.388. The van der Waals surface area contributed by atoms with E-state index in [2.05, 4.69) is 69.0 Å². The average Bonchev–Trinajstić information content (AvgIpc) is 2.34.